The van der Waals surface area contributed by atoms with E-state index in [0.29, 0.717) is 11.3 Å². The summed E-state index contributed by atoms with van der Waals surface area (Å²) in [4.78, 5) is 27.6. The molecule has 126 valence electrons. The molecule has 2 N–H and O–H groups in total. The highest BCUT2D eigenvalue weighted by molar-refractivity contribution is 6.07. The van der Waals surface area contributed by atoms with Gasteiger partial charge in [-0.05, 0) is 36.1 Å². The topological polar surface area (TPSA) is 71.2 Å². The maximum absolute atomic E-state index is 12.5. The lowest BCUT2D eigenvalue weighted by atomic mass is 10.1. The Morgan fingerprint density at radius 1 is 1.16 bits per heavy atom. The Hall–Kier alpha value is -3.08. The Labute approximate surface area is 145 Å². The Balaban J connectivity index is 1.55. The van der Waals surface area contributed by atoms with Gasteiger partial charge in [0, 0.05) is 28.7 Å². The van der Waals surface area contributed by atoms with Gasteiger partial charge in [-0.25, -0.2) is 4.79 Å². The van der Waals surface area contributed by atoms with Crippen molar-refractivity contribution in [2.45, 2.75) is 12.3 Å². The van der Waals surface area contributed by atoms with Crippen LogP contribution in [0.25, 0.3) is 10.9 Å². The fraction of sp³-hybridized carbons (Fsp3) is 0.200. The van der Waals surface area contributed by atoms with Crippen LogP contribution >= 0.6 is 0 Å². The minimum atomic E-state index is -0.422. The van der Waals surface area contributed by atoms with E-state index in [1.807, 2.05) is 30.3 Å². The van der Waals surface area contributed by atoms with Crippen molar-refractivity contribution in [1.82, 2.24) is 4.98 Å². The Morgan fingerprint density at radius 3 is 2.72 bits per heavy atom. The van der Waals surface area contributed by atoms with Crippen LogP contribution in [0.5, 0.6) is 0 Å². The molecule has 2 atom stereocenters. The third-order valence-electron chi connectivity index (χ3n) is 4.70. The summed E-state index contributed by atoms with van der Waals surface area (Å²) >= 11 is 0. The first-order chi connectivity index (χ1) is 12.2. The van der Waals surface area contributed by atoms with E-state index in [4.69, 9.17) is 4.74 Å². The normalized spacial score (nSPS) is 18.8. The standard InChI is InChI=1S/C20H18N2O3/c1-25-20(24)17-9-13(10-18-14(17)7-8-21-18)22-19(23)16-11-15(16)12-5-3-2-4-6-12/h2-10,15-16,21H,11H2,1H3,(H,22,23)/t15-,16+/m0/s1. The summed E-state index contributed by atoms with van der Waals surface area (Å²) in [6, 6.07) is 15.4. The van der Waals surface area contributed by atoms with Gasteiger partial charge in [-0.3, -0.25) is 4.79 Å². The van der Waals surface area contributed by atoms with Crippen LogP contribution in [0.4, 0.5) is 5.69 Å². The zero-order valence-electron chi connectivity index (χ0n) is 13.8. The molecule has 1 fully saturated rings. The lowest BCUT2D eigenvalue weighted by molar-refractivity contribution is -0.117. The molecule has 0 aliphatic heterocycles. The average Bonchev–Trinajstić information content (AvgIpc) is 3.31. The van der Waals surface area contributed by atoms with Gasteiger partial charge in [0.1, 0.15) is 0 Å². The molecule has 0 unspecified atom stereocenters. The molecule has 3 aromatic rings. The maximum atomic E-state index is 12.5. The molecule has 1 aliphatic carbocycles. The molecule has 0 saturated heterocycles. The quantitative estimate of drug-likeness (QED) is 0.715. The number of ether oxygens (including phenoxy) is 1. The summed E-state index contributed by atoms with van der Waals surface area (Å²) in [5.74, 6) is -0.191. The van der Waals surface area contributed by atoms with Crippen molar-refractivity contribution in [2.24, 2.45) is 5.92 Å². The van der Waals surface area contributed by atoms with Crippen molar-refractivity contribution in [2.75, 3.05) is 12.4 Å². The monoisotopic (exact) mass is 334 g/mol. The third kappa shape index (κ3) is 2.89. The molecular formula is C20H18N2O3. The van der Waals surface area contributed by atoms with Crippen LogP contribution in [-0.4, -0.2) is 24.0 Å². The van der Waals surface area contributed by atoms with Crippen molar-refractivity contribution in [3.05, 3.63) is 65.9 Å². The molecule has 1 aliphatic rings. The van der Waals surface area contributed by atoms with Crippen LogP contribution < -0.4 is 5.32 Å². The highest BCUT2D eigenvalue weighted by Gasteiger charge is 2.43. The van der Waals surface area contributed by atoms with Crippen LogP contribution in [0, 0.1) is 5.92 Å². The summed E-state index contributed by atoms with van der Waals surface area (Å²) < 4.78 is 4.84. The number of aromatic amines is 1. The number of amides is 1. The van der Waals surface area contributed by atoms with E-state index in [1.165, 1.54) is 12.7 Å². The lowest BCUT2D eigenvalue weighted by Crippen LogP contribution is -2.15. The van der Waals surface area contributed by atoms with Gasteiger partial charge in [-0.15, -0.1) is 0 Å². The molecule has 0 spiro atoms. The minimum absolute atomic E-state index is 0.0180. The molecule has 4 rings (SSSR count). The van der Waals surface area contributed by atoms with E-state index in [9.17, 15) is 9.59 Å². The Bertz CT molecular complexity index is 946. The number of H-pyrrole nitrogens is 1. The van der Waals surface area contributed by atoms with E-state index in [0.717, 1.165) is 17.3 Å². The van der Waals surface area contributed by atoms with Crippen LogP contribution in [0.3, 0.4) is 0 Å². The van der Waals surface area contributed by atoms with Gasteiger partial charge in [-0.2, -0.15) is 0 Å². The van der Waals surface area contributed by atoms with Crippen molar-refractivity contribution in [3.8, 4) is 0 Å². The summed E-state index contributed by atoms with van der Waals surface area (Å²) in [6.07, 6.45) is 2.61. The van der Waals surface area contributed by atoms with Gasteiger partial charge in [0.2, 0.25) is 5.91 Å². The SMILES string of the molecule is COC(=O)c1cc(NC(=O)[C@@H]2C[C@H]2c2ccccc2)cc2[nH]ccc12. The number of benzene rings is 2. The predicted octanol–water partition coefficient (Wildman–Crippen LogP) is 3.70. The molecule has 25 heavy (non-hydrogen) atoms. The summed E-state index contributed by atoms with van der Waals surface area (Å²) in [5, 5.41) is 3.71. The van der Waals surface area contributed by atoms with E-state index < -0.39 is 5.97 Å². The van der Waals surface area contributed by atoms with Gasteiger partial charge in [-0.1, -0.05) is 30.3 Å². The molecule has 1 amide bonds. The number of carbonyl (C=O) groups excluding carboxylic acids is 2. The Kier molecular flexibility index (Phi) is 3.76. The number of methoxy groups -OCH3 is 1. The molecule has 0 bridgehead atoms. The van der Waals surface area contributed by atoms with Gasteiger partial charge < -0.3 is 15.0 Å². The Morgan fingerprint density at radius 2 is 1.96 bits per heavy atom. The number of nitrogens with one attached hydrogen (secondary N) is 2. The maximum Gasteiger partial charge on any atom is 0.338 e. The zero-order valence-corrected chi connectivity index (χ0v) is 13.8. The number of hydrogen-bond donors (Lipinski definition) is 2. The average molecular weight is 334 g/mol. The van der Waals surface area contributed by atoms with Crippen molar-refractivity contribution in [1.29, 1.82) is 0 Å². The number of rotatable bonds is 4. The summed E-state index contributed by atoms with van der Waals surface area (Å²) in [7, 11) is 1.35. The molecule has 1 heterocycles. The van der Waals surface area contributed by atoms with Crippen molar-refractivity contribution in [3.63, 3.8) is 0 Å². The van der Waals surface area contributed by atoms with Crippen LogP contribution in [0.2, 0.25) is 0 Å². The fourth-order valence-corrected chi connectivity index (χ4v) is 3.31. The second-order valence-corrected chi connectivity index (χ2v) is 6.30. The first-order valence-corrected chi connectivity index (χ1v) is 8.22. The first kappa shape index (κ1) is 15.4. The molecule has 1 saturated carbocycles. The van der Waals surface area contributed by atoms with E-state index in [1.54, 1.807) is 12.3 Å². The predicted molar refractivity (Wildman–Crippen MR) is 95.6 cm³/mol. The number of fused-ring (bicyclic) bond motifs is 1. The molecule has 5 nitrogen and oxygen atoms in total. The zero-order chi connectivity index (χ0) is 17.4. The lowest BCUT2D eigenvalue weighted by Gasteiger charge is -2.08. The van der Waals surface area contributed by atoms with Gasteiger partial charge in [0.25, 0.3) is 0 Å². The van der Waals surface area contributed by atoms with Crippen LogP contribution in [0.1, 0.15) is 28.3 Å². The minimum Gasteiger partial charge on any atom is -0.465 e. The highest BCUT2D eigenvalue weighted by Crippen LogP contribution is 2.47. The summed E-state index contributed by atoms with van der Waals surface area (Å²) in [5.41, 5.74) is 3.01. The van der Waals surface area contributed by atoms with Gasteiger partial charge in [0.05, 0.1) is 12.7 Å². The fourth-order valence-electron chi connectivity index (χ4n) is 3.31. The second-order valence-electron chi connectivity index (χ2n) is 6.30. The van der Waals surface area contributed by atoms with E-state index >= 15 is 0 Å². The third-order valence-corrected chi connectivity index (χ3v) is 4.70. The number of aromatic nitrogens is 1. The van der Waals surface area contributed by atoms with Gasteiger partial charge >= 0.3 is 5.97 Å². The number of anilines is 1. The smallest absolute Gasteiger partial charge is 0.338 e. The molecule has 2 aromatic carbocycles. The largest absolute Gasteiger partial charge is 0.465 e. The second kappa shape index (κ2) is 6.09. The molecular weight excluding hydrogens is 316 g/mol. The van der Waals surface area contributed by atoms with E-state index in [2.05, 4.69) is 22.4 Å². The highest BCUT2D eigenvalue weighted by atomic mass is 16.5. The number of esters is 1. The van der Waals surface area contributed by atoms with Crippen molar-refractivity contribution >= 4 is 28.5 Å². The number of hydrogen-bond acceptors (Lipinski definition) is 3. The van der Waals surface area contributed by atoms with Crippen molar-refractivity contribution < 1.29 is 14.3 Å². The van der Waals surface area contributed by atoms with Gasteiger partial charge in [0.15, 0.2) is 0 Å². The molecule has 0 radical (unpaired) electrons. The van der Waals surface area contributed by atoms with E-state index in [-0.39, 0.29) is 17.7 Å². The molecule has 5 heteroatoms. The first-order valence-electron chi connectivity index (χ1n) is 8.22. The van der Waals surface area contributed by atoms with Crippen LogP contribution in [0.15, 0.2) is 54.7 Å². The van der Waals surface area contributed by atoms with Crippen LogP contribution in [-0.2, 0) is 9.53 Å². The molecule has 1 aromatic heterocycles. The number of carbonyl (C=O) groups is 2. The summed E-state index contributed by atoms with van der Waals surface area (Å²) in [6.45, 7) is 0.